The molecule has 0 heterocycles. The first-order valence-corrected chi connectivity index (χ1v) is 6.89. The van der Waals surface area contributed by atoms with Crippen molar-refractivity contribution < 1.29 is 27.7 Å². The summed E-state index contributed by atoms with van der Waals surface area (Å²) in [6, 6.07) is 7.42. The van der Waals surface area contributed by atoms with Crippen LogP contribution in [0.2, 0.25) is 0 Å². The van der Waals surface area contributed by atoms with Crippen LogP contribution in [0.5, 0.6) is 0 Å². The second-order valence-corrected chi connectivity index (χ2v) is 7.35. The van der Waals surface area contributed by atoms with Crippen molar-refractivity contribution >= 4 is 9.56 Å². The molecule has 0 spiro atoms. The molecule has 0 amide bonds. The molecule has 0 aliphatic rings. The van der Waals surface area contributed by atoms with Gasteiger partial charge < -0.3 is 0 Å². The first-order chi connectivity index (χ1) is 6.68. The quantitative estimate of drug-likeness (QED) is 0.615. The predicted molar refractivity (Wildman–Crippen MR) is 51.5 cm³/mol. The van der Waals surface area contributed by atoms with Gasteiger partial charge in [0, 0.05) is 0 Å². The molecule has 0 bridgehead atoms. The topological polar surface area (TPSA) is 53.7 Å². The summed E-state index contributed by atoms with van der Waals surface area (Å²) >= 11 is -3.24. The summed E-state index contributed by atoms with van der Waals surface area (Å²) in [6.45, 7) is 0. The average Bonchev–Trinajstić information content (AvgIpc) is 2.22. The van der Waals surface area contributed by atoms with Crippen molar-refractivity contribution in [1.82, 2.24) is 0 Å². The Morgan fingerprint density at radius 1 is 1.07 bits per heavy atom. The summed E-state index contributed by atoms with van der Waals surface area (Å²) < 4.78 is 17.0. The van der Waals surface area contributed by atoms with Gasteiger partial charge in [0.2, 0.25) is 0 Å². The summed E-state index contributed by atoms with van der Waals surface area (Å²) in [5.74, 6) is 0. The van der Waals surface area contributed by atoms with E-state index in [2.05, 4.69) is 0 Å². The first kappa shape index (κ1) is 11.7. The van der Waals surface area contributed by atoms with Gasteiger partial charge in [-0.05, 0) is 0 Å². The van der Waals surface area contributed by atoms with Crippen LogP contribution in [0.4, 0.5) is 5.69 Å². The van der Waals surface area contributed by atoms with E-state index in [-0.39, 0.29) is 0 Å². The molecule has 2 N–H and O–H groups in total. The van der Waals surface area contributed by atoms with Crippen molar-refractivity contribution in [3.8, 4) is 0 Å². The molecule has 0 aliphatic carbocycles. The predicted octanol–water partition coefficient (Wildman–Crippen LogP) is 0.732. The molecule has 4 nitrogen and oxygen atoms in total. The van der Waals surface area contributed by atoms with Crippen molar-refractivity contribution in [2.24, 2.45) is 0 Å². The molecular weight excluding hydrogens is 218 g/mol. The van der Waals surface area contributed by atoms with Crippen LogP contribution < -0.4 is 9.60 Å². The van der Waals surface area contributed by atoms with Crippen molar-refractivity contribution in [3.05, 3.63) is 24.3 Å². The summed E-state index contributed by atoms with van der Waals surface area (Å²) in [4.78, 5) is 0. The van der Waals surface area contributed by atoms with Gasteiger partial charge in [-0.15, -0.1) is 0 Å². The summed E-state index contributed by atoms with van der Waals surface area (Å²) in [5, 5.41) is 0. The zero-order chi connectivity index (χ0) is 10.6. The van der Waals surface area contributed by atoms with E-state index in [4.69, 9.17) is 15.7 Å². The van der Waals surface area contributed by atoms with Crippen molar-refractivity contribution in [2.45, 2.75) is 0 Å². The van der Waals surface area contributed by atoms with Crippen molar-refractivity contribution in [3.63, 3.8) is 0 Å². The number of hydrogen-bond acceptors (Lipinski definition) is 4. The molecular formula is C9H15NO3Ti. The molecule has 1 aromatic carbocycles. The van der Waals surface area contributed by atoms with E-state index in [1.54, 1.807) is 21.3 Å². The van der Waals surface area contributed by atoms with Crippen molar-refractivity contribution in [2.75, 3.05) is 27.1 Å². The van der Waals surface area contributed by atoms with E-state index in [9.17, 15) is 0 Å². The van der Waals surface area contributed by atoms with Gasteiger partial charge in [0.25, 0.3) is 0 Å². The van der Waals surface area contributed by atoms with Gasteiger partial charge in [-0.2, -0.15) is 0 Å². The molecule has 0 aliphatic heterocycles. The summed E-state index contributed by atoms with van der Waals surface area (Å²) in [7, 11) is 4.78. The number of rotatable bonds is 4. The number of anilines is 1. The molecule has 0 unspecified atom stereocenters. The summed E-state index contributed by atoms with van der Waals surface area (Å²) in [6.07, 6.45) is 0. The fourth-order valence-electron chi connectivity index (χ4n) is 1.33. The number of nitrogen functional groups attached to an aromatic ring is 1. The minimum atomic E-state index is -3.24. The standard InChI is InChI=1S/C6H6N.3CH3O.Ti/c7-6-4-2-1-3-5-6;3*1-2;/h1-2,4-5H,7H2;3*1H3;/q;3*-1;+3. The fraction of sp³-hybridized carbons (Fsp3) is 0.333. The molecule has 0 atom stereocenters. The molecule has 5 heteroatoms. The molecule has 0 aromatic heterocycles. The molecule has 0 fully saturated rings. The van der Waals surface area contributed by atoms with E-state index in [0.29, 0.717) is 5.69 Å². The van der Waals surface area contributed by atoms with Gasteiger partial charge in [0.1, 0.15) is 0 Å². The Bertz CT molecular complexity index is 294. The van der Waals surface area contributed by atoms with E-state index in [1.807, 2.05) is 24.3 Å². The number of hydrogen-bond donors (Lipinski definition) is 1. The van der Waals surface area contributed by atoms with Gasteiger partial charge in [-0.3, -0.25) is 0 Å². The molecule has 1 aromatic rings. The van der Waals surface area contributed by atoms with Gasteiger partial charge in [-0.25, -0.2) is 0 Å². The van der Waals surface area contributed by atoms with Crippen LogP contribution in [0.15, 0.2) is 24.3 Å². The number of nitrogens with two attached hydrogens (primary N) is 1. The van der Waals surface area contributed by atoms with Crippen LogP contribution in [0.1, 0.15) is 0 Å². The van der Waals surface area contributed by atoms with Gasteiger partial charge in [0.15, 0.2) is 0 Å². The third-order valence-corrected chi connectivity index (χ3v) is 6.15. The van der Waals surface area contributed by atoms with E-state index >= 15 is 0 Å². The third kappa shape index (κ3) is 2.16. The van der Waals surface area contributed by atoms with Crippen LogP contribution in [0, 0.1) is 0 Å². The molecule has 1 rings (SSSR count). The van der Waals surface area contributed by atoms with Gasteiger partial charge >= 0.3 is 88.6 Å². The van der Waals surface area contributed by atoms with Gasteiger partial charge in [-0.1, -0.05) is 0 Å². The molecule has 78 valence electrons. The molecule has 0 saturated heterocycles. The zero-order valence-corrected chi connectivity index (χ0v) is 10.2. The SMILES string of the molecule is C[O][Ti]([O]C)([O]C)[c]1cccc(N)c1. The second kappa shape index (κ2) is 4.91. The Labute approximate surface area is 88.7 Å². The average molecular weight is 233 g/mol. The maximum absolute atomic E-state index is 5.68. The Morgan fingerprint density at radius 2 is 1.64 bits per heavy atom. The van der Waals surface area contributed by atoms with Crippen molar-refractivity contribution in [1.29, 1.82) is 0 Å². The first-order valence-electron chi connectivity index (χ1n) is 4.20. The maximum atomic E-state index is 5.68. The number of benzene rings is 1. The van der Waals surface area contributed by atoms with E-state index in [0.717, 1.165) is 3.87 Å². The Morgan fingerprint density at radius 3 is 2.07 bits per heavy atom. The Balaban J connectivity index is 3.10. The van der Waals surface area contributed by atoms with Gasteiger partial charge in [0.05, 0.1) is 0 Å². The monoisotopic (exact) mass is 233 g/mol. The Kier molecular flexibility index (Phi) is 4.10. The fourth-order valence-corrected chi connectivity index (χ4v) is 4.22. The minimum absolute atomic E-state index is 0.684. The van der Waals surface area contributed by atoms with E-state index < -0.39 is 17.8 Å². The normalized spacial score (nSPS) is 11.6. The van der Waals surface area contributed by atoms with Crippen LogP contribution in [-0.2, 0) is 27.7 Å². The van der Waals surface area contributed by atoms with Crippen LogP contribution in [0.3, 0.4) is 0 Å². The summed E-state index contributed by atoms with van der Waals surface area (Å²) in [5.41, 5.74) is 6.37. The van der Waals surface area contributed by atoms with Crippen LogP contribution in [-0.4, -0.2) is 21.3 Å². The van der Waals surface area contributed by atoms with Crippen LogP contribution in [0.25, 0.3) is 0 Å². The van der Waals surface area contributed by atoms with E-state index in [1.165, 1.54) is 0 Å². The second-order valence-electron chi connectivity index (χ2n) is 2.79. The molecule has 0 saturated carbocycles. The molecule has 0 radical (unpaired) electrons. The van der Waals surface area contributed by atoms with Crippen LogP contribution >= 0.6 is 0 Å². The third-order valence-electron chi connectivity index (χ3n) is 2.05. The Hall–Kier alpha value is -0.386. The zero-order valence-electron chi connectivity index (χ0n) is 8.61. The molecule has 14 heavy (non-hydrogen) atoms.